The minimum Gasteiger partial charge on any atom is -0.358 e. The second kappa shape index (κ2) is 6.17. The third-order valence-electron chi connectivity index (χ3n) is 2.98. The van der Waals surface area contributed by atoms with Crippen molar-refractivity contribution in [2.45, 2.75) is 26.3 Å². The topological polar surface area (TPSA) is 90.1 Å². The Morgan fingerprint density at radius 1 is 1.33 bits per heavy atom. The van der Waals surface area contributed by atoms with Crippen molar-refractivity contribution in [3.8, 4) is 0 Å². The number of rotatable bonds is 5. The Morgan fingerprint density at radius 2 is 2.00 bits per heavy atom. The maximum atomic E-state index is 11.8. The molecule has 0 aliphatic rings. The van der Waals surface area contributed by atoms with E-state index in [9.17, 15) is 14.9 Å². The Balaban J connectivity index is 1.96. The molecular formula is C14H16N4O3. The Hall–Kier alpha value is -2.70. The predicted molar refractivity (Wildman–Crippen MR) is 78.0 cm³/mol. The fraction of sp³-hybridized carbons (Fsp3) is 0.286. The van der Waals surface area contributed by atoms with E-state index in [-0.39, 0.29) is 18.3 Å². The van der Waals surface area contributed by atoms with Crippen LogP contribution >= 0.6 is 0 Å². The van der Waals surface area contributed by atoms with E-state index in [4.69, 9.17) is 0 Å². The first-order valence-corrected chi connectivity index (χ1v) is 6.53. The van der Waals surface area contributed by atoms with Crippen LogP contribution in [0.3, 0.4) is 0 Å². The molecule has 0 fully saturated rings. The van der Waals surface area contributed by atoms with Crippen molar-refractivity contribution in [2.75, 3.05) is 5.32 Å². The zero-order chi connectivity index (χ0) is 15.4. The van der Waals surface area contributed by atoms with E-state index in [0.717, 1.165) is 0 Å². The summed E-state index contributed by atoms with van der Waals surface area (Å²) in [5, 5.41) is 16.9. The third-order valence-corrected chi connectivity index (χ3v) is 2.98. The van der Waals surface area contributed by atoms with Gasteiger partial charge in [0.2, 0.25) is 5.91 Å². The van der Waals surface area contributed by atoms with Crippen molar-refractivity contribution >= 4 is 17.4 Å². The number of carbonyl (C=O) groups is 1. The average molecular weight is 288 g/mol. The normalized spacial score (nSPS) is 10.6. The molecule has 7 heteroatoms. The molecule has 0 atom stereocenters. The molecule has 1 aromatic carbocycles. The van der Waals surface area contributed by atoms with Gasteiger partial charge in [-0.2, -0.15) is 4.68 Å². The number of aromatic nitrogens is 2. The maximum Gasteiger partial charge on any atom is 0.389 e. The number of hydrogen-bond donors (Lipinski definition) is 1. The van der Waals surface area contributed by atoms with Gasteiger partial charge in [-0.3, -0.25) is 4.79 Å². The maximum absolute atomic E-state index is 11.8. The van der Waals surface area contributed by atoms with Crippen LogP contribution in [0.4, 0.5) is 11.5 Å². The summed E-state index contributed by atoms with van der Waals surface area (Å²) in [6.07, 6.45) is 1.40. The number of benzene rings is 1. The lowest BCUT2D eigenvalue weighted by Gasteiger charge is -2.07. The number of hydrogen-bond acceptors (Lipinski definition) is 4. The molecule has 0 spiro atoms. The van der Waals surface area contributed by atoms with Gasteiger partial charge in [0, 0.05) is 5.69 Å². The lowest BCUT2D eigenvalue weighted by Crippen LogP contribution is -2.19. The summed E-state index contributed by atoms with van der Waals surface area (Å²) >= 11 is 0. The minimum absolute atomic E-state index is 0.0697. The molecule has 0 unspecified atom stereocenters. The van der Waals surface area contributed by atoms with Crippen molar-refractivity contribution in [3.05, 3.63) is 52.2 Å². The summed E-state index contributed by atoms with van der Waals surface area (Å²) in [7, 11) is 0. The van der Waals surface area contributed by atoms with Gasteiger partial charge in [-0.25, -0.2) is 0 Å². The fourth-order valence-electron chi connectivity index (χ4n) is 1.84. The Bertz CT molecular complexity index is 646. The molecule has 0 saturated carbocycles. The standard InChI is InChI=1S/C14H16N4O3/c1-10(2)11-3-5-12(6-4-11)15-14(19)9-17-8-7-13(16-17)18(20)21/h3-8,10H,9H2,1-2H3,(H,15,19). The number of nitrogens with zero attached hydrogens (tertiary/aromatic N) is 3. The highest BCUT2D eigenvalue weighted by molar-refractivity contribution is 5.90. The highest BCUT2D eigenvalue weighted by Gasteiger charge is 2.13. The predicted octanol–water partition coefficient (Wildman–Crippen LogP) is 2.55. The molecule has 1 heterocycles. The number of carbonyl (C=O) groups excluding carboxylic acids is 1. The summed E-state index contributed by atoms with van der Waals surface area (Å²) in [6, 6.07) is 8.83. The van der Waals surface area contributed by atoms with Crippen LogP contribution < -0.4 is 5.32 Å². The Labute approximate surface area is 121 Å². The van der Waals surface area contributed by atoms with E-state index in [1.165, 1.54) is 22.5 Å². The smallest absolute Gasteiger partial charge is 0.358 e. The Morgan fingerprint density at radius 3 is 2.52 bits per heavy atom. The summed E-state index contributed by atoms with van der Waals surface area (Å²) in [5.41, 5.74) is 1.88. The SMILES string of the molecule is CC(C)c1ccc(NC(=O)Cn2ccc([N+](=O)[O-])n2)cc1. The Kier molecular flexibility index (Phi) is 4.32. The molecule has 0 radical (unpaired) electrons. The second-order valence-corrected chi connectivity index (χ2v) is 4.95. The first-order chi connectivity index (χ1) is 9.95. The van der Waals surface area contributed by atoms with E-state index in [0.29, 0.717) is 11.6 Å². The van der Waals surface area contributed by atoms with Gasteiger partial charge in [0.25, 0.3) is 0 Å². The molecule has 7 nitrogen and oxygen atoms in total. The van der Waals surface area contributed by atoms with E-state index in [1.807, 2.05) is 24.3 Å². The third kappa shape index (κ3) is 3.88. The largest absolute Gasteiger partial charge is 0.389 e. The number of anilines is 1. The number of amides is 1. The van der Waals surface area contributed by atoms with Crippen molar-refractivity contribution < 1.29 is 9.72 Å². The molecule has 1 amide bonds. The van der Waals surface area contributed by atoms with Gasteiger partial charge in [-0.1, -0.05) is 26.0 Å². The average Bonchev–Trinajstić information content (AvgIpc) is 2.87. The summed E-state index contributed by atoms with van der Waals surface area (Å²) in [4.78, 5) is 21.7. The lowest BCUT2D eigenvalue weighted by molar-refractivity contribution is -0.389. The summed E-state index contributed by atoms with van der Waals surface area (Å²) < 4.78 is 1.23. The molecule has 1 N–H and O–H groups in total. The molecule has 2 aromatic rings. The number of nitro groups is 1. The quantitative estimate of drug-likeness (QED) is 0.676. The molecule has 110 valence electrons. The van der Waals surface area contributed by atoms with Gasteiger partial charge in [-0.05, 0) is 28.5 Å². The van der Waals surface area contributed by atoms with Crippen molar-refractivity contribution in [2.24, 2.45) is 0 Å². The fourth-order valence-corrected chi connectivity index (χ4v) is 1.84. The zero-order valence-corrected chi connectivity index (χ0v) is 11.8. The summed E-state index contributed by atoms with van der Waals surface area (Å²) in [5.74, 6) is -0.131. The first-order valence-electron chi connectivity index (χ1n) is 6.53. The van der Waals surface area contributed by atoms with Crippen molar-refractivity contribution in [3.63, 3.8) is 0 Å². The molecular weight excluding hydrogens is 272 g/mol. The number of nitrogens with one attached hydrogen (secondary N) is 1. The summed E-state index contributed by atoms with van der Waals surface area (Å²) in [6.45, 7) is 4.12. The van der Waals surface area contributed by atoms with Gasteiger partial charge in [0.15, 0.2) is 0 Å². The van der Waals surface area contributed by atoms with Crippen molar-refractivity contribution in [1.82, 2.24) is 9.78 Å². The van der Waals surface area contributed by atoms with Crippen LogP contribution in [0, 0.1) is 10.1 Å². The highest BCUT2D eigenvalue weighted by atomic mass is 16.6. The molecule has 1 aromatic heterocycles. The highest BCUT2D eigenvalue weighted by Crippen LogP contribution is 2.17. The second-order valence-electron chi connectivity index (χ2n) is 4.95. The van der Waals surface area contributed by atoms with E-state index in [1.54, 1.807) is 0 Å². The van der Waals surface area contributed by atoms with Crippen LogP contribution in [0.2, 0.25) is 0 Å². The van der Waals surface area contributed by atoms with Gasteiger partial charge < -0.3 is 15.4 Å². The molecule has 21 heavy (non-hydrogen) atoms. The van der Waals surface area contributed by atoms with Gasteiger partial charge in [-0.15, -0.1) is 0 Å². The van der Waals surface area contributed by atoms with Crippen LogP contribution in [0.1, 0.15) is 25.3 Å². The zero-order valence-electron chi connectivity index (χ0n) is 11.8. The van der Waals surface area contributed by atoms with Gasteiger partial charge in [0.05, 0.1) is 17.4 Å². The van der Waals surface area contributed by atoms with Gasteiger partial charge >= 0.3 is 5.82 Å². The minimum atomic E-state index is -0.598. The molecule has 0 saturated heterocycles. The molecule has 0 aliphatic heterocycles. The van der Waals surface area contributed by atoms with Crippen LogP contribution in [0.25, 0.3) is 0 Å². The van der Waals surface area contributed by atoms with Crippen LogP contribution in [0.5, 0.6) is 0 Å². The first kappa shape index (κ1) is 14.7. The monoisotopic (exact) mass is 288 g/mol. The van der Waals surface area contributed by atoms with Crippen LogP contribution in [0.15, 0.2) is 36.5 Å². The molecule has 0 aliphatic carbocycles. The molecule has 2 rings (SSSR count). The van der Waals surface area contributed by atoms with E-state index >= 15 is 0 Å². The molecule has 0 bridgehead atoms. The van der Waals surface area contributed by atoms with Gasteiger partial charge in [0.1, 0.15) is 6.54 Å². The van der Waals surface area contributed by atoms with Crippen LogP contribution in [-0.4, -0.2) is 20.6 Å². The lowest BCUT2D eigenvalue weighted by atomic mass is 10.0. The van der Waals surface area contributed by atoms with E-state index < -0.39 is 4.92 Å². The van der Waals surface area contributed by atoms with Crippen molar-refractivity contribution in [1.29, 1.82) is 0 Å². The van der Waals surface area contributed by atoms with Crippen LogP contribution in [-0.2, 0) is 11.3 Å². The van der Waals surface area contributed by atoms with E-state index in [2.05, 4.69) is 24.3 Å².